The Morgan fingerprint density at radius 2 is 2.20 bits per heavy atom. The van der Waals surface area contributed by atoms with Crippen LogP contribution >= 0.6 is 0 Å². The standard InChI is InChI=1S/C14H21N3O3/c15-16-14(19)7-11-3-1-2-4-12(11)8-17-5-6-20-10-13(17)9-18/h1-4,13,18H,5-10,15H2,(H,16,19). The number of amides is 1. The Morgan fingerprint density at radius 1 is 1.45 bits per heavy atom. The van der Waals surface area contributed by atoms with Crippen molar-refractivity contribution < 1.29 is 14.6 Å². The first-order chi connectivity index (χ1) is 9.74. The van der Waals surface area contributed by atoms with E-state index < -0.39 is 0 Å². The maximum absolute atomic E-state index is 11.4. The van der Waals surface area contributed by atoms with Gasteiger partial charge < -0.3 is 9.84 Å². The molecule has 1 aliphatic rings. The molecule has 110 valence electrons. The highest BCUT2D eigenvalue weighted by atomic mass is 16.5. The number of carbonyl (C=O) groups is 1. The van der Waals surface area contributed by atoms with Crippen LogP contribution < -0.4 is 11.3 Å². The molecule has 1 aromatic rings. The quantitative estimate of drug-likeness (QED) is 0.381. The number of nitrogens with one attached hydrogen (secondary N) is 1. The van der Waals surface area contributed by atoms with Crippen molar-refractivity contribution in [3.8, 4) is 0 Å². The molecule has 1 saturated heterocycles. The second kappa shape index (κ2) is 7.35. The van der Waals surface area contributed by atoms with Gasteiger partial charge in [-0.25, -0.2) is 5.84 Å². The fourth-order valence-corrected chi connectivity index (χ4v) is 2.39. The summed E-state index contributed by atoms with van der Waals surface area (Å²) in [6.07, 6.45) is 0.265. The SMILES string of the molecule is NNC(=O)Cc1ccccc1CN1CCOCC1CO. The van der Waals surface area contributed by atoms with Crippen molar-refractivity contribution in [3.05, 3.63) is 35.4 Å². The summed E-state index contributed by atoms with van der Waals surface area (Å²) in [6.45, 7) is 2.76. The van der Waals surface area contributed by atoms with Crippen molar-refractivity contribution in [3.63, 3.8) is 0 Å². The summed E-state index contributed by atoms with van der Waals surface area (Å²) in [5, 5.41) is 9.39. The van der Waals surface area contributed by atoms with Gasteiger partial charge in [-0.1, -0.05) is 24.3 Å². The lowest BCUT2D eigenvalue weighted by Gasteiger charge is -2.34. The average Bonchev–Trinajstić information content (AvgIpc) is 2.49. The van der Waals surface area contributed by atoms with Gasteiger partial charge in [0, 0.05) is 13.1 Å². The molecule has 1 atom stereocenters. The minimum absolute atomic E-state index is 0.0140. The van der Waals surface area contributed by atoms with Crippen molar-refractivity contribution in [2.24, 2.45) is 5.84 Å². The first kappa shape index (κ1) is 14.9. The zero-order chi connectivity index (χ0) is 14.4. The zero-order valence-corrected chi connectivity index (χ0v) is 11.4. The summed E-state index contributed by atoms with van der Waals surface area (Å²) < 4.78 is 5.37. The van der Waals surface area contributed by atoms with E-state index in [2.05, 4.69) is 10.3 Å². The van der Waals surface area contributed by atoms with Gasteiger partial charge in [0.25, 0.3) is 0 Å². The second-order valence-electron chi connectivity index (χ2n) is 4.89. The van der Waals surface area contributed by atoms with Gasteiger partial charge in [-0.3, -0.25) is 15.1 Å². The van der Waals surface area contributed by atoms with Crippen LogP contribution in [-0.4, -0.2) is 48.3 Å². The monoisotopic (exact) mass is 279 g/mol. The molecule has 0 spiro atoms. The molecular formula is C14H21N3O3. The molecule has 0 aliphatic carbocycles. The van der Waals surface area contributed by atoms with E-state index in [0.29, 0.717) is 19.8 Å². The molecule has 4 N–H and O–H groups in total. The highest BCUT2D eigenvalue weighted by Gasteiger charge is 2.23. The van der Waals surface area contributed by atoms with Crippen molar-refractivity contribution in [1.82, 2.24) is 10.3 Å². The molecule has 0 aromatic heterocycles. The van der Waals surface area contributed by atoms with Gasteiger partial charge in [0.05, 0.1) is 32.3 Å². The number of hydrogen-bond acceptors (Lipinski definition) is 5. The van der Waals surface area contributed by atoms with Crippen LogP contribution in [0, 0.1) is 0 Å². The van der Waals surface area contributed by atoms with Gasteiger partial charge in [0.15, 0.2) is 0 Å². The minimum Gasteiger partial charge on any atom is -0.395 e. The van der Waals surface area contributed by atoms with Gasteiger partial charge in [0.1, 0.15) is 0 Å². The predicted molar refractivity (Wildman–Crippen MR) is 74.6 cm³/mol. The number of morpholine rings is 1. The van der Waals surface area contributed by atoms with Gasteiger partial charge in [0.2, 0.25) is 5.91 Å². The predicted octanol–water partition coefficient (Wildman–Crippen LogP) is -0.588. The molecule has 0 radical (unpaired) electrons. The van der Waals surface area contributed by atoms with Crippen LogP contribution in [0.2, 0.25) is 0 Å². The van der Waals surface area contributed by atoms with E-state index in [1.807, 2.05) is 24.3 Å². The summed E-state index contributed by atoms with van der Waals surface area (Å²) in [7, 11) is 0. The van der Waals surface area contributed by atoms with Crippen LogP contribution in [0.15, 0.2) is 24.3 Å². The Balaban J connectivity index is 2.09. The van der Waals surface area contributed by atoms with Gasteiger partial charge in [-0.15, -0.1) is 0 Å². The number of ether oxygens (including phenoxy) is 1. The number of nitrogens with two attached hydrogens (primary N) is 1. The number of rotatable bonds is 5. The number of aliphatic hydroxyl groups excluding tert-OH is 1. The first-order valence-electron chi connectivity index (χ1n) is 6.73. The van der Waals surface area contributed by atoms with Crippen LogP contribution in [-0.2, 0) is 22.5 Å². The molecule has 2 rings (SSSR count). The molecule has 0 saturated carbocycles. The maximum Gasteiger partial charge on any atom is 0.238 e. The maximum atomic E-state index is 11.4. The summed E-state index contributed by atoms with van der Waals surface area (Å²) in [6, 6.07) is 7.81. The summed E-state index contributed by atoms with van der Waals surface area (Å²) >= 11 is 0. The van der Waals surface area contributed by atoms with E-state index in [0.717, 1.165) is 17.7 Å². The average molecular weight is 279 g/mol. The van der Waals surface area contributed by atoms with Crippen LogP contribution in [0.3, 0.4) is 0 Å². The van der Waals surface area contributed by atoms with E-state index >= 15 is 0 Å². The zero-order valence-electron chi connectivity index (χ0n) is 11.4. The topological polar surface area (TPSA) is 87.8 Å². The fraction of sp³-hybridized carbons (Fsp3) is 0.500. The number of benzene rings is 1. The molecular weight excluding hydrogens is 258 g/mol. The van der Waals surface area contributed by atoms with E-state index in [9.17, 15) is 9.90 Å². The lowest BCUT2D eigenvalue weighted by molar-refractivity contribution is -0.120. The third-order valence-electron chi connectivity index (χ3n) is 3.56. The Kier molecular flexibility index (Phi) is 5.49. The Labute approximate surface area is 118 Å². The molecule has 20 heavy (non-hydrogen) atoms. The van der Waals surface area contributed by atoms with E-state index in [-0.39, 0.29) is 25.0 Å². The Morgan fingerprint density at radius 3 is 2.90 bits per heavy atom. The molecule has 0 bridgehead atoms. The lowest BCUT2D eigenvalue weighted by atomic mass is 10.0. The number of aliphatic hydroxyl groups is 1. The number of hydrazine groups is 1. The third-order valence-corrected chi connectivity index (χ3v) is 3.56. The van der Waals surface area contributed by atoms with Gasteiger partial charge in [-0.2, -0.15) is 0 Å². The number of carbonyl (C=O) groups excluding carboxylic acids is 1. The molecule has 6 heteroatoms. The molecule has 6 nitrogen and oxygen atoms in total. The molecule has 1 unspecified atom stereocenters. The molecule has 1 fully saturated rings. The largest absolute Gasteiger partial charge is 0.395 e. The minimum atomic E-state index is -0.210. The number of hydrogen-bond donors (Lipinski definition) is 3. The highest BCUT2D eigenvalue weighted by molar-refractivity contribution is 5.78. The van der Waals surface area contributed by atoms with Gasteiger partial charge >= 0.3 is 0 Å². The first-order valence-corrected chi connectivity index (χ1v) is 6.73. The molecule has 1 heterocycles. The van der Waals surface area contributed by atoms with Crippen LogP contribution in [0.4, 0.5) is 0 Å². The Bertz CT molecular complexity index is 453. The number of nitrogens with zero attached hydrogens (tertiary/aromatic N) is 1. The third kappa shape index (κ3) is 3.77. The van der Waals surface area contributed by atoms with Crippen molar-refractivity contribution >= 4 is 5.91 Å². The summed E-state index contributed by atoms with van der Waals surface area (Å²) in [5.41, 5.74) is 4.19. The van der Waals surface area contributed by atoms with Gasteiger partial charge in [-0.05, 0) is 11.1 Å². The van der Waals surface area contributed by atoms with Crippen LogP contribution in [0.1, 0.15) is 11.1 Å². The van der Waals surface area contributed by atoms with E-state index in [1.165, 1.54) is 0 Å². The highest BCUT2D eigenvalue weighted by Crippen LogP contribution is 2.16. The molecule has 1 aromatic carbocycles. The fourth-order valence-electron chi connectivity index (χ4n) is 2.39. The van der Waals surface area contributed by atoms with Crippen LogP contribution in [0.25, 0.3) is 0 Å². The van der Waals surface area contributed by atoms with Crippen molar-refractivity contribution in [1.29, 1.82) is 0 Å². The normalized spacial score (nSPS) is 19.8. The van der Waals surface area contributed by atoms with Crippen molar-refractivity contribution in [2.45, 2.75) is 19.0 Å². The molecule has 1 amide bonds. The smallest absolute Gasteiger partial charge is 0.238 e. The Hall–Kier alpha value is -1.47. The van der Waals surface area contributed by atoms with E-state index in [4.69, 9.17) is 10.6 Å². The van der Waals surface area contributed by atoms with E-state index in [1.54, 1.807) is 0 Å². The lowest BCUT2D eigenvalue weighted by Crippen LogP contribution is -2.47. The van der Waals surface area contributed by atoms with Crippen molar-refractivity contribution in [2.75, 3.05) is 26.4 Å². The summed E-state index contributed by atoms with van der Waals surface area (Å²) in [5.74, 6) is 4.93. The molecule has 1 aliphatic heterocycles. The second-order valence-corrected chi connectivity index (χ2v) is 4.89. The van der Waals surface area contributed by atoms with Crippen LogP contribution in [0.5, 0.6) is 0 Å². The summed E-state index contributed by atoms with van der Waals surface area (Å²) in [4.78, 5) is 13.6.